The summed E-state index contributed by atoms with van der Waals surface area (Å²) in [4.78, 5) is 25.4. The summed E-state index contributed by atoms with van der Waals surface area (Å²) in [6.07, 6.45) is 17.7. The predicted molar refractivity (Wildman–Crippen MR) is 193 cm³/mol. The number of rotatable bonds is 9. The van der Waals surface area contributed by atoms with E-state index in [0.29, 0.717) is 22.1 Å². The van der Waals surface area contributed by atoms with Crippen LogP contribution in [-0.4, -0.2) is 18.7 Å². The SMILES string of the molecule is CC(C)CCC[C@@H](C)[C@@H]1CC[C@H]2[C@H]3CC=C4C[C@@H](OC(=O)COc5ccc6c(c5)oc(=O)c5ccccc56)CC[C@]4(C)[C@@H]3CC[C@]2(C)C1. The molecule has 0 amide bonds. The van der Waals surface area contributed by atoms with Crippen LogP contribution in [0.5, 0.6) is 5.75 Å². The maximum atomic E-state index is 13.0. The average molecular weight is 653 g/mol. The highest BCUT2D eigenvalue weighted by atomic mass is 16.6. The monoisotopic (exact) mass is 652 g/mol. The van der Waals surface area contributed by atoms with Gasteiger partial charge in [0.2, 0.25) is 0 Å². The molecular weight excluding hydrogens is 596 g/mol. The number of benzene rings is 2. The van der Waals surface area contributed by atoms with Gasteiger partial charge in [-0.05, 0) is 121 Å². The van der Waals surface area contributed by atoms with Crippen molar-refractivity contribution in [2.75, 3.05) is 6.61 Å². The summed E-state index contributed by atoms with van der Waals surface area (Å²) >= 11 is 0. The molecule has 3 saturated carbocycles. The minimum atomic E-state index is -0.380. The number of hydrogen-bond donors (Lipinski definition) is 0. The molecule has 1 heterocycles. The molecule has 4 aliphatic rings. The molecule has 258 valence electrons. The molecule has 48 heavy (non-hydrogen) atoms. The van der Waals surface area contributed by atoms with E-state index in [4.69, 9.17) is 13.9 Å². The van der Waals surface area contributed by atoms with Crippen molar-refractivity contribution in [1.29, 1.82) is 0 Å². The summed E-state index contributed by atoms with van der Waals surface area (Å²) in [6, 6.07) is 12.8. The van der Waals surface area contributed by atoms with Crippen molar-refractivity contribution >= 4 is 27.7 Å². The lowest BCUT2D eigenvalue weighted by Crippen LogP contribution is -2.52. The minimum Gasteiger partial charge on any atom is -0.482 e. The molecule has 5 nitrogen and oxygen atoms in total. The Morgan fingerprint density at radius 3 is 2.56 bits per heavy atom. The van der Waals surface area contributed by atoms with Crippen LogP contribution in [-0.2, 0) is 9.53 Å². The standard InChI is InChI=1S/C43H56O5/c1-27(2)9-8-10-28(3)29-13-18-37-36-16-14-30-23-32(19-22-43(30,5)38(36)20-21-42(37,4)25-29)47-40(44)26-46-31-15-17-34-33-11-6-7-12-35(33)41(45)48-39(34)24-31/h6-7,11-12,14-15,17,24,27-29,32,36-38H,8-10,13,16,18-23,25-26H2,1-5H3/t28-,29-,32+,36-,37+,38-,42-,43+/m1/s1. The van der Waals surface area contributed by atoms with Gasteiger partial charge in [-0.3, -0.25) is 0 Å². The quantitative estimate of drug-likeness (QED) is 0.0996. The van der Waals surface area contributed by atoms with Crippen LogP contribution in [0.15, 0.2) is 63.3 Å². The van der Waals surface area contributed by atoms with Crippen LogP contribution >= 0.6 is 0 Å². The van der Waals surface area contributed by atoms with Crippen molar-refractivity contribution in [2.45, 2.75) is 118 Å². The number of carbonyl (C=O) groups is 1. The second kappa shape index (κ2) is 13.3. The summed E-state index contributed by atoms with van der Waals surface area (Å²) < 4.78 is 17.4. The molecule has 2 aromatic carbocycles. The van der Waals surface area contributed by atoms with Crippen LogP contribution in [0.2, 0.25) is 0 Å². The number of carbonyl (C=O) groups excluding carboxylic acids is 1. The van der Waals surface area contributed by atoms with Crippen LogP contribution in [0, 0.1) is 46.3 Å². The Balaban J connectivity index is 0.947. The maximum Gasteiger partial charge on any atom is 0.344 e. The third-order valence-corrected chi connectivity index (χ3v) is 13.6. The molecule has 0 bridgehead atoms. The van der Waals surface area contributed by atoms with Gasteiger partial charge in [-0.15, -0.1) is 0 Å². The van der Waals surface area contributed by atoms with Crippen LogP contribution in [0.4, 0.5) is 0 Å². The first-order valence-corrected chi connectivity index (χ1v) is 19.0. The first-order chi connectivity index (χ1) is 23.0. The van der Waals surface area contributed by atoms with Crippen molar-refractivity contribution in [3.05, 3.63) is 64.5 Å². The summed E-state index contributed by atoms with van der Waals surface area (Å²) in [5.74, 6) is 5.10. The van der Waals surface area contributed by atoms with Crippen molar-refractivity contribution in [3.8, 4) is 5.75 Å². The highest BCUT2D eigenvalue weighted by Crippen LogP contribution is 2.65. The third-order valence-electron chi connectivity index (χ3n) is 13.6. The topological polar surface area (TPSA) is 65.7 Å². The van der Waals surface area contributed by atoms with Crippen LogP contribution in [0.1, 0.15) is 112 Å². The minimum absolute atomic E-state index is 0.0977. The van der Waals surface area contributed by atoms with Gasteiger partial charge in [0, 0.05) is 17.9 Å². The zero-order valence-electron chi connectivity index (χ0n) is 29.9. The Morgan fingerprint density at radius 2 is 1.75 bits per heavy atom. The summed E-state index contributed by atoms with van der Waals surface area (Å²) in [6.45, 7) is 12.3. The van der Waals surface area contributed by atoms with Crippen molar-refractivity contribution in [2.24, 2.45) is 46.3 Å². The van der Waals surface area contributed by atoms with Gasteiger partial charge in [-0.25, -0.2) is 9.59 Å². The van der Waals surface area contributed by atoms with E-state index < -0.39 is 0 Å². The van der Waals surface area contributed by atoms with E-state index in [0.717, 1.165) is 65.5 Å². The molecule has 1 aromatic heterocycles. The molecule has 0 aliphatic heterocycles. The molecule has 8 atom stereocenters. The Hall–Kier alpha value is -3.08. The first-order valence-electron chi connectivity index (χ1n) is 19.0. The van der Waals surface area contributed by atoms with Crippen molar-refractivity contribution in [1.82, 2.24) is 0 Å². The zero-order valence-corrected chi connectivity index (χ0v) is 29.9. The van der Waals surface area contributed by atoms with Gasteiger partial charge >= 0.3 is 11.6 Å². The summed E-state index contributed by atoms with van der Waals surface area (Å²) in [5.41, 5.74) is 2.32. The van der Waals surface area contributed by atoms with E-state index in [1.54, 1.807) is 12.1 Å². The number of allylic oxidation sites excluding steroid dienone is 1. The smallest absolute Gasteiger partial charge is 0.344 e. The molecule has 3 fully saturated rings. The molecule has 3 aromatic rings. The van der Waals surface area contributed by atoms with Gasteiger partial charge < -0.3 is 13.9 Å². The first kappa shape index (κ1) is 33.4. The normalized spacial score (nSPS) is 32.2. The van der Waals surface area contributed by atoms with Gasteiger partial charge in [-0.1, -0.05) is 83.7 Å². The van der Waals surface area contributed by atoms with E-state index >= 15 is 0 Å². The summed E-state index contributed by atoms with van der Waals surface area (Å²) in [7, 11) is 0. The summed E-state index contributed by atoms with van der Waals surface area (Å²) in [5, 5.41) is 2.23. The van der Waals surface area contributed by atoms with Crippen LogP contribution in [0.3, 0.4) is 0 Å². The Bertz CT molecular complexity index is 1730. The fraction of sp³-hybridized carbons (Fsp3) is 0.628. The fourth-order valence-corrected chi connectivity index (χ4v) is 10.9. The lowest BCUT2D eigenvalue weighted by atomic mass is 9.44. The molecular formula is C43H56O5. The largest absolute Gasteiger partial charge is 0.482 e. The molecule has 5 heteroatoms. The molecule has 7 rings (SSSR count). The molecule has 0 radical (unpaired) electrons. The van der Waals surface area contributed by atoms with Crippen LogP contribution in [0.25, 0.3) is 21.7 Å². The lowest BCUT2D eigenvalue weighted by Gasteiger charge is -2.61. The van der Waals surface area contributed by atoms with Gasteiger partial charge in [0.15, 0.2) is 6.61 Å². The number of esters is 1. The van der Waals surface area contributed by atoms with Crippen molar-refractivity contribution < 1.29 is 18.7 Å². The van der Waals surface area contributed by atoms with E-state index in [-0.39, 0.29) is 29.7 Å². The van der Waals surface area contributed by atoms with E-state index in [1.165, 1.54) is 63.4 Å². The zero-order chi connectivity index (χ0) is 33.6. The number of hydrogen-bond acceptors (Lipinski definition) is 5. The molecule has 4 aliphatic carbocycles. The Morgan fingerprint density at radius 1 is 0.938 bits per heavy atom. The third kappa shape index (κ3) is 6.36. The fourth-order valence-electron chi connectivity index (χ4n) is 10.9. The number of fused-ring (bicyclic) bond motifs is 8. The predicted octanol–water partition coefficient (Wildman–Crippen LogP) is 10.7. The van der Waals surface area contributed by atoms with Crippen LogP contribution < -0.4 is 10.4 Å². The molecule has 0 unspecified atom stereocenters. The number of ether oxygens (including phenoxy) is 2. The molecule has 0 N–H and O–H groups in total. The lowest BCUT2D eigenvalue weighted by molar-refractivity contribution is -0.154. The molecule has 0 saturated heterocycles. The van der Waals surface area contributed by atoms with Gasteiger partial charge in [0.05, 0.1) is 5.39 Å². The maximum absolute atomic E-state index is 13.0. The van der Waals surface area contributed by atoms with Gasteiger partial charge in [-0.2, -0.15) is 0 Å². The van der Waals surface area contributed by atoms with Gasteiger partial charge in [0.1, 0.15) is 17.4 Å². The highest BCUT2D eigenvalue weighted by Gasteiger charge is 2.56. The van der Waals surface area contributed by atoms with E-state index in [9.17, 15) is 9.59 Å². The van der Waals surface area contributed by atoms with E-state index in [2.05, 4.69) is 40.7 Å². The second-order valence-electron chi connectivity index (χ2n) is 17.0. The van der Waals surface area contributed by atoms with Crippen molar-refractivity contribution in [3.63, 3.8) is 0 Å². The average Bonchev–Trinajstić information content (AvgIpc) is 3.06. The van der Waals surface area contributed by atoms with Gasteiger partial charge in [0.25, 0.3) is 0 Å². The Labute approximate surface area is 286 Å². The Kier molecular flexibility index (Phi) is 9.28. The molecule has 0 spiro atoms. The highest BCUT2D eigenvalue weighted by molar-refractivity contribution is 6.04. The van der Waals surface area contributed by atoms with E-state index in [1.807, 2.05) is 30.3 Å². The second-order valence-corrected chi connectivity index (χ2v) is 17.0.